The number of hydrogen-bond donors (Lipinski definition) is 3. The topological polar surface area (TPSA) is 127 Å². The first kappa shape index (κ1) is 22.2. The molecular weight excluding hydrogens is 446 g/mol. The first-order valence-electron chi connectivity index (χ1n) is 8.99. The number of hydrogen-bond acceptors (Lipinski definition) is 6. The molecule has 3 aromatic rings. The van der Waals surface area contributed by atoms with E-state index in [1.165, 1.54) is 30.5 Å². The van der Waals surface area contributed by atoms with Gasteiger partial charge in [-0.05, 0) is 61.5 Å². The average Bonchev–Trinajstić information content (AvgIpc) is 3.28. The zero-order valence-electron chi connectivity index (χ0n) is 16.2. The molecule has 0 fully saturated rings. The average molecular weight is 464 g/mol. The van der Waals surface area contributed by atoms with Gasteiger partial charge >= 0.3 is 5.91 Å². The summed E-state index contributed by atoms with van der Waals surface area (Å²) in [6.45, 7) is 2.33. The normalized spacial score (nSPS) is 10.9. The van der Waals surface area contributed by atoms with Gasteiger partial charge in [0, 0.05) is 5.69 Å². The van der Waals surface area contributed by atoms with Crippen molar-refractivity contribution in [3.05, 3.63) is 77.2 Å². The molecule has 2 aromatic carbocycles. The number of sulfonamides is 1. The Morgan fingerprint density at radius 1 is 1.03 bits per heavy atom. The van der Waals surface area contributed by atoms with E-state index < -0.39 is 21.8 Å². The predicted octanol–water partition coefficient (Wildman–Crippen LogP) is 3.21. The summed E-state index contributed by atoms with van der Waals surface area (Å²) in [5.41, 5.74) is 4.49. The van der Waals surface area contributed by atoms with Crippen LogP contribution in [-0.2, 0) is 10.0 Å². The van der Waals surface area contributed by atoms with Crippen LogP contribution in [-0.4, -0.2) is 26.8 Å². The van der Waals surface area contributed by atoms with Crippen LogP contribution in [0.3, 0.4) is 0 Å². The Morgan fingerprint density at radius 2 is 1.74 bits per heavy atom. The molecule has 0 aliphatic heterocycles. The van der Waals surface area contributed by atoms with Gasteiger partial charge in [-0.3, -0.25) is 25.2 Å². The second-order valence-corrected chi connectivity index (χ2v) is 8.18. The lowest BCUT2D eigenvalue weighted by Crippen LogP contribution is -2.41. The van der Waals surface area contributed by atoms with Crippen LogP contribution in [0.25, 0.3) is 0 Å². The Bertz CT molecular complexity index is 1180. The van der Waals surface area contributed by atoms with Gasteiger partial charge in [-0.1, -0.05) is 11.6 Å². The minimum atomic E-state index is -4.01. The molecule has 3 N–H and O–H groups in total. The Balaban J connectivity index is 1.74. The van der Waals surface area contributed by atoms with Crippen molar-refractivity contribution in [1.82, 2.24) is 10.9 Å². The lowest BCUT2D eigenvalue weighted by molar-refractivity contribution is 0.0831. The number of ether oxygens (including phenoxy) is 1. The first-order chi connectivity index (χ1) is 14.8. The van der Waals surface area contributed by atoms with Crippen LogP contribution in [0.4, 0.5) is 5.69 Å². The molecule has 0 unspecified atom stereocenters. The molecule has 0 saturated heterocycles. The number of furan rings is 1. The summed E-state index contributed by atoms with van der Waals surface area (Å²) in [6, 6.07) is 12.9. The van der Waals surface area contributed by atoms with E-state index in [4.69, 9.17) is 20.8 Å². The van der Waals surface area contributed by atoms with Crippen molar-refractivity contribution >= 4 is 39.1 Å². The van der Waals surface area contributed by atoms with E-state index in [0.29, 0.717) is 18.0 Å². The first-order valence-corrected chi connectivity index (χ1v) is 10.9. The third kappa shape index (κ3) is 5.56. The van der Waals surface area contributed by atoms with Gasteiger partial charge in [0.05, 0.1) is 28.4 Å². The highest BCUT2D eigenvalue weighted by molar-refractivity contribution is 7.92. The van der Waals surface area contributed by atoms with Crippen molar-refractivity contribution in [3.8, 4) is 5.75 Å². The van der Waals surface area contributed by atoms with Gasteiger partial charge in [-0.2, -0.15) is 0 Å². The van der Waals surface area contributed by atoms with Crippen molar-refractivity contribution in [2.45, 2.75) is 11.8 Å². The van der Waals surface area contributed by atoms with Gasteiger partial charge in [0.1, 0.15) is 5.75 Å². The minimum absolute atomic E-state index is 0.00441. The highest BCUT2D eigenvalue weighted by Gasteiger charge is 2.20. The Hall–Kier alpha value is -3.50. The molecule has 0 atom stereocenters. The van der Waals surface area contributed by atoms with Crippen molar-refractivity contribution in [3.63, 3.8) is 0 Å². The number of anilines is 1. The van der Waals surface area contributed by atoms with Crippen LogP contribution in [0.2, 0.25) is 5.02 Å². The number of benzene rings is 2. The summed E-state index contributed by atoms with van der Waals surface area (Å²) >= 11 is 6.04. The van der Waals surface area contributed by atoms with Crippen molar-refractivity contribution in [1.29, 1.82) is 0 Å². The number of nitrogens with one attached hydrogen (secondary N) is 3. The Morgan fingerprint density at radius 3 is 2.39 bits per heavy atom. The maximum Gasteiger partial charge on any atom is 0.305 e. The summed E-state index contributed by atoms with van der Waals surface area (Å²) in [5, 5.41) is 0.00441. The second-order valence-electron chi connectivity index (χ2n) is 6.09. The maximum atomic E-state index is 12.7. The summed E-state index contributed by atoms with van der Waals surface area (Å²) in [7, 11) is -4.01. The van der Waals surface area contributed by atoms with Gasteiger partial charge in [-0.25, -0.2) is 8.42 Å². The van der Waals surface area contributed by atoms with Crippen LogP contribution < -0.4 is 20.3 Å². The Kier molecular flexibility index (Phi) is 6.83. The van der Waals surface area contributed by atoms with Gasteiger partial charge in [-0.15, -0.1) is 0 Å². The molecule has 9 nitrogen and oxygen atoms in total. The zero-order chi connectivity index (χ0) is 22.4. The van der Waals surface area contributed by atoms with E-state index in [9.17, 15) is 18.0 Å². The predicted molar refractivity (Wildman–Crippen MR) is 114 cm³/mol. The Labute approximate surface area is 183 Å². The molecule has 0 aliphatic carbocycles. The molecule has 0 saturated carbocycles. The van der Waals surface area contributed by atoms with Crippen LogP contribution in [0.15, 0.2) is 70.2 Å². The van der Waals surface area contributed by atoms with E-state index in [1.54, 1.807) is 24.3 Å². The minimum Gasteiger partial charge on any atom is -0.494 e. The molecule has 1 heterocycles. The fourth-order valence-electron chi connectivity index (χ4n) is 2.50. The molecule has 31 heavy (non-hydrogen) atoms. The van der Waals surface area contributed by atoms with E-state index in [2.05, 4.69) is 15.6 Å². The third-order valence-electron chi connectivity index (χ3n) is 3.94. The number of rotatable bonds is 7. The van der Waals surface area contributed by atoms with E-state index >= 15 is 0 Å². The summed E-state index contributed by atoms with van der Waals surface area (Å²) in [5.74, 6) is -0.895. The molecule has 162 valence electrons. The molecule has 11 heteroatoms. The van der Waals surface area contributed by atoms with E-state index in [-0.39, 0.29) is 21.2 Å². The molecule has 0 bridgehead atoms. The third-order valence-corrected chi connectivity index (χ3v) is 5.65. The highest BCUT2D eigenvalue weighted by Crippen LogP contribution is 2.23. The SMILES string of the molecule is CCOc1ccc(NS(=O)(=O)c2ccc(Cl)c(C(=O)NNC(=O)c3ccco3)c2)cc1. The second kappa shape index (κ2) is 9.54. The molecule has 0 spiro atoms. The lowest BCUT2D eigenvalue weighted by atomic mass is 10.2. The smallest absolute Gasteiger partial charge is 0.305 e. The summed E-state index contributed by atoms with van der Waals surface area (Å²) < 4.78 is 38.1. The summed E-state index contributed by atoms with van der Waals surface area (Å²) in [4.78, 5) is 24.1. The fraction of sp³-hybridized carbons (Fsp3) is 0.100. The maximum absolute atomic E-state index is 12.7. The molecular formula is C20H18ClN3O6S. The van der Waals surface area contributed by atoms with Crippen molar-refractivity contribution < 1.29 is 27.2 Å². The van der Waals surface area contributed by atoms with Crippen LogP contribution in [0.1, 0.15) is 27.8 Å². The van der Waals surface area contributed by atoms with E-state index in [0.717, 1.165) is 6.07 Å². The molecule has 1 aromatic heterocycles. The molecule has 0 radical (unpaired) electrons. The summed E-state index contributed by atoms with van der Waals surface area (Å²) in [6.07, 6.45) is 1.30. The standard InChI is InChI=1S/C20H18ClN3O6S/c1-2-29-14-7-5-13(6-8-14)24-31(27,28)15-9-10-17(21)16(12-15)19(25)22-23-20(26)18-4-3-11-30-18/h3-12,24H,2H2,1H3,(H,22,25)(H,23,26). The van der Waals surface area contributed by atoms with Crippen LogP contribution in [0, 0.1) is 0 Å². The lowest BCUT2D eigenvalue weighted by Gasteiger charge is -2.12. The number of carbonyl (C=O) groups excluding carboxylic acids is 2. The van der Waals surface area contributed by atoms with Crippen LogP contribution in [0.5, 0.6) is 5.75 Å². The monoisotopic (exact) mass is 463 g/mol. The van der Waals surface area contributed by atoms with Crippen molar-refractivity contribution in [2.24, 2.45) is 0 Å². The molecule has 3 rings (SSSR count). The molecule has 2 amide bonds. The number of hydrazine groups is 1. The highest BCUT2D eigenvalue weighted by atomic mass is 35.5. The van der Waals surface area contributed by atoms with Crippen LogP contribution >= 0.6 is 11.6 Å². The fourth-order valence-corrected chi connectivity index (χ4v) is 3.78. The van der Waals surface area contributed by atoms with Gasteiger partial charge in [0.15, 0.2) is 5.76 Å². The number of amides is 2. The number of carbonyl (C=O) groups is 2. The quantitative estimate of drug-likeness (QED) is 0.462. The number of halogens is 1. The largest absolute Gasteiger partial charge is 0.494 e. The van der Waals surface area contributed by atoms with Crippen molar-refractivity contribution in [2.75, 3.05) is 11.3 Å². The van der Waals surface area contributed by atoms with Gasteiger partial charge in [0.2, 0.25) is 0 Å². The zero-order valence-corrected chi connectivity index (χ0v) is 17.8. The van der Waals surface area contributed by atoms with Gasteiger partial charge < -0.3 is 9.15 Å². The molecule has 0 aliphatic rings. The van der Waals surface area contributed by atoms with E-state index in [1.807, 2.05) is 6.92 Å². The van der Waals surface area contributed by atoms with Gasteiger partial charge in [0.25, 0.3) is 15.9 Å².